The molecule has 0 saturated heterocycles. The van der Waals surface area contributed by atoms with Gasteiger partial charge < -0.3 is 4.57 Å². The van der Waals surface area contributed by atoms with Gasteiger partial charge in [0.1, 0.15) is 5.82 Å². The molecule has 20 heavy (non-hydrogen) atoms. The third-order valence-corrected chi connectivity index (χ3v) is 5.58. The van der Waals surface area contributed by atoms with Crippen LogP contribution >= 0.6 is 0 Å². The molecule has 0 saturated carbocycles. The van der Waals surface area contributed by atoms with Crippen LogP contribution in [0.4, 0.5) is 0 Å². The highest BCUT2D eigenvalue weighted by atomic mass is 15.4. The van der Waals surface area contributed by atoms with Gasteiger partial charge in [-0.3, -0.25) is 4.90 Å². The van der Waals surface area contributed by atoms with E-state index in [1.54, 1.807) is 0 Å². The Bertz CT molecular complexity index is 533. The Morgan fingerprint density at radius 2 is 1.40 bits per heavy atom. The Kier molecular flexibility index (Phi) is 3.18. The van der Waals surface area contributed by atoms with Crippen molar-refractivity contribution in [1.82, 2.24) is 14.5 Å². The average molecular weight is 277 g/mol. The van der Waals surface area contributed by atoms with E-state index in [1.165, 1.54) is 11.4 Å². The average Bonchev–Trinajstić information content (AvgIpc) is 2.50. The highest BCUT2D eigenvalue weighted by Gasteiger charge is 2.56. The molecule has 114 valence electrons. The first-order valence-corrected chi connectivity index (χ1v) is 7.73. The second-order valence-corrected chi connectivity index (χ2v) is 8.07. The maximum Gasteiger partial charge on any atom is 0.106 e. The molecule has 1 aliphatic heterocycles. The second kappa shape index (κ2) is 4.09. The molecule has 0 radical (unpaired) electrons. The summed E-state index contributed by atoms with van der Waals surface area (Å²) in [5.74, 6) is 1.13. The predicted molar refractivity (Wildman–Crippen MR) is 85.1 cm³/mol. The molecule has 0 N–H and O–H groups in total. The van der Waals surface area contributed by atoms with Gasteiger partial charge in [-0.25, -0.2) is 4.98 Å². The normalized spacial score (nSPS) is 23.9. The first-order valence-electron chi connectivity index (χ1n) is 7.73. The third-order valence-electron chi connectivity index (χ3n) is 5.58. The standard InChI is InChI=1S/C17H31N3/c1-11(2)20-15(5,6)14-12(3)18-13(4)19(14)16(7,8)17(20,9)10/h11H,1-10H3. The fraction of sp³-hybridized carbons (Fsp3) is 0.824. The van der Waals surface area contributed by atoms with E-state index in [2.05, 4.69) is 78.7 Å². The molecule has 0 amide bonds. The molecular weight excluding hydrogens is 246 g/mol. The quantitative estimate of drug-likeness (QED) is 0.774. The summed E-state index contributed by atoms with van der Waals surface area (Å²) in [5.41, 5.74) is 2.58. The molecule has 3 nitrogen and oxygen atoms in total. The summed E-state index contributed by atoms with van der Waals surface area (Å²) in [4.78, 5) is 7.44. The lowest BCUT2D eigenvalue weighted by Gasteiger charge is -2.62. The van der Waals surface area contributed by atoms with Gasteiger partial charge in [0.15, 0.2) is 0 Å². The smallest absolute Gasteiger partial charge is 0.106 e. The van der Waals surface area contributed by atoms with E-state index in [4.69, 9.17) is 4.98 Å². The Labute approximate surface area is 124 Å². The van der Waals surface area contributed by atoms with E-state index < -0.39 is 0 Å². The number of hydrogen-bond donors (Lipinski definition) is 0. The highest BCUT2D eigenvalue weighted by molar-refractivity contribution is 5.31. The van der Waals surface area contributed by atoms with Crippen molar-refractivity contribution in [1.29, 1.82) is 0 Å². The van der Waals surface area contributed by atoms with E-state index in [1.807, 2.05) is 0 Å². The van der Waals surface area contributed by atoms with Crippen molar-refractivity contribution in [3.05, 3.63) is 17.2 Å². The summed E-state index contributed by atoms with van der Waals surface area (Å²) in [6, 6.07) is 0.489. The SMILES string of the molecule is Cc1nc(C)n2c1C(C)(C)N(C(C)C)C(C)(C)C2(C)C. The van der Waals surface area contributed by atoms with Crippen molar-refractivity contribution in [2.75, 3.05) is 0 Å². The molecule has 2 rings (SSSR count). The molecule has 1 aliphatic rings. The zero-order valence-electron chi connectivity index (χ0n) is 14.9. The van der Waals surface area contributed by atoms with Crippen molar-refractivity contribution in [3.8, 4) is 0 Å². The van der Waals surface area contributed by atoms with Crippen molar-refractivity contribution < 1.29 is 0 Å². The molecule has 0 unspecified atom stereocenters. The zero-order valence-corrected chi connectivity index (χ0v) is 14.9. The topological polar surface area (TPSA) is 21.1 Å². The minimum atomic E-state index is -0.0153. The summed E-state index contributed by atoms with van der Waals surface area (Å²) < 4.78 is 2.47. The Balaban J connectivity index is 2.87. The van der Waals surface area contributed by atoms with E-state index in [0.717, 1.165) is 5.82 Å². The fourth-order valence-corrected chi connectivity index (χ4v) is 4.74. The van der Waals surface area contributed by atoms with Crippen molar-refractivity contribution in [2.45, 2.75) is 91.9 Å². The minimum absolute atomic E-state index is 0.00741. The van der Waals surface area contributed by atoms with E-state index in [9.17, 15) is 0 Å². The molecular formula is C17H31N3. The summed E-state index contributed by atoms with van der Waals surface area (Å²) in [6.45, 7) is 23.0. The molecule has 1 aromatic rings. The van der Waals surface area contributed by atoms with Gasteiger partial charge >= 0.3 is 0 Å². The van der Waals surface area contributed by atoms with Crippen LogP contribution in [-0.2, 0) is 11.1 Å². The maximum atomic E-state index is 4.78. The lowest BCUT2D eigenvalue weighted by Crippen LogP contribution is -2.70. The van der Waals surface area contributed by atoms with Gasteiger partial charge in [-0.05, 0) is 69.2 Å². The Hall–Kier alpha value is -0.830. The predicted octanol–water partition coefficient (Wildman–Crippen LogP) is 3.97. The van der Waals surface area contributed by atoms with Crippen LogP contribution in [0.15, 0.2) is 0 Å². The van der Waals surface area contributed by atoms with Crippen LogP contribution in [-0.4, -0.2) is 26.0 Å². The second-order valence-electron chi connectivity index (χ2n) is 8.07. The summed E-state index contributed by atoms with van der Waals surface area (Å²) in [6.07, 6.45) is 0. The molecule has 0 aliphatic carbocycles. The van der Waals surface area contributed by atoms with Gasteiger partial charge in [0.25, 0.3) is 0 Å². The molecule has 0 atom stereocenters. The maximum absolute atomic E-state index is 4.78. The van der Waals surface area contributed by atoms with Crippen LogP contribution in [0.2, 0.25) is 0 Å². The van der Waals surface area contributed by atoms with Crippen LogP contribution in [0.25, 0.3) is 0 Å². The molecule has 0 spiro atoms. The number of nitrogens with zero attached hydrogens (tertiary/aromatic N) is 3. The first-order chi connectivity index (χ1) is 8.86. The van der Waals surface area contributed by atoms with Gasteiger partial charge in [0, 0.05) is 11.6 Å². The Morgan fingerprint density at radius 3 is 1.85 bits per heavy atom. The van der Waals surface area contributed by atoms with E-state index >= 15 is 0 Å². The number of aryl methyl sites for hydroxylation is 2. The number of fused-ring (bicyclic) bond motifs is 1. The van der Waals surface area contributed by atoms with Gasteiger partial charge in [-0.1, -0.05) is 0 Å². The fourth-order valence-electron chi connectivity index (χ4n) is 4.74. The lowest BCUT2D eigenvalue weighted by atomic mass is 9.72. The largest absolute Gasteiger partial charge is 0.323 e. The molecule has 2 heterocycles. The van der Waals surface area contributed by atoms with Gasteiger partial charge in [-0.2, -0.15) is 0 Å². The third kappa shape index (κ3) is 1.65. The molecule has 0 bridgehead atoms. The number of hydrogen-bond acceptors (Lipinski definition) is 2. The van der Waals surface area contributed by atoms with Crippen LogP contribution in [0.1, 0.15) is 72.6 Å². The highest BCUT2D eigenvalue weighted by Crippen LogP contribution is 2.50. The first kappa shape index (κ1) is 15.6. The van der Waals surface area contributed by atoms with Gasteiger partial charge in [-0.15, -0.1) is 0 Å². The molecule has 1 aromatic heterocycles. The molecule has 0 aromatic carbocycles. The summed E-state index contributed by atoms with van der Waals surface area (Å²) in [7, 11) is 0. The number of imidazole rings is 1. The summed E-state index contributed by atoms with van der Waals surface area (Å²) >= 11 is 0. The zero-order chi connectivity index (χ0) is 15.7. The lowest BCUT2D eigenvalue weighted by molar-refractivity contribution is -0.105. The van der Waals surface area contributed by atoms with Crippen molar-refractivity contribution in [3.63, 3.8) is 0 Å². The van der Waals surface area contributed by atoms with Crippen molar-refractivity contribution >= 4 is 0 Å². The number of rotatable bonds is 1. The van der Waals surface area contributed by atoms with E-state index in [-0.39, 0.29) is 16.6 Å². The number of aromatic nitrogens is 2. The molecule has 3 heteroatoms. The van der Waals surface area contributed by atoms with E-state index in [0.29, 0.717) is 6.04 Å². The minimum Gasteiger partial charge on any atom is -0.323 e. The van der Waals surface area contributed by atoms with Gasteiger partial charge in [0.05, 0.1) is 22.5 Å². The van der Waals surface area contributed by atoms with Crippen molar-refractivity contribution in [2.24, 2.45) is 0 Å². The molecule has 0 fully saturated rings. The van der Waals surface area contributed by atoms with Crippen LogP contribution < -0.4 is 0 Å². The Morgan fingerprint density at radius 1 is 0.900 bits per heavy atom. The van der Waals surface area contributed by atoms with Crippen LogP contribution in [0, 0.1) is 13.8 Å². The van der Waals surface area contributed by atoms with Crippen LogP contribution in [0.3, 0.4) is 0 Å². The van der Waals surface area contributed by atoms with Crippen LogP contribution in [0.5, 0.6) is 0 Å². The summed E-state index contributed by atoms with van der Waals surface area (Å²) in [5, 5.41) is 0. The van der Waals surface area contributed by atoms with Gasteiger partial charge in [0.2, 0.25) is 0 Å². The monoisotopic (exact) mass is 277 g/mol.